The maximum Gasteiger partial charge on any atom is 0.352 e. The van der Waals surface area contributed by atoms with Crippen LogP contribution in [0.1, 0.15) is 18.5 Å². The Hall–Kier alpha value is -5.51. The summed E-state index contributed by atoms with van der Waals surface area (Å²) in [6, 6.07) is 5.27. The number of carbonyl (C=O) groups is 8. The van der Waals surface area contributed by atoms with Gasteiger partial charge in [0.25, 0.3) is 5.91 Å². The Balaban J connectivity index is 1.38. The number of nitrogens with zero attached hydrogens (tertiary/aromatic N) is 7. The zero-order chi connectivity index (χ0) is 35.5. The first-order chi connectivity index (χ1) is 23.4. The molecule has 22 heteroatoms. The van der Waals surface area contributed by atoms with Gasteiger partial charge in [0.1, 0.15) is 23.7 Å². The second kappa shape index (κ2) is 14.3. The number of aromatic nitrogens is 4. The predicted octanol–water partition coefficient (Wildman–Crippen LogP) is -2.80. The second-order valence-corrected chi connectivity index (χ2v) is 12.7. The van der Waals surface area contributed by atoms with Gasteiger partial charge in [0, 0.05) is 31.1 Å². The molecule has 4 heterocycles. The van der Waals surface area contributed by atoms with E-state index in [4.69, 9.17) is 5.73 Å². The first kappa shape index (κ1) is 34.8. The maximum absolute atomic E-state index is 13.9. The number of tetrazole rings is 1. The molecular weight excluding hydrogens is 686 g/mol. The molecule has 0 radical (unpaired) electrons. The number of carboxylic acids is 1. The molecule has 2 saturated heterocycles. The van der Waals surface area contributed by atoms with Crippen molar-refractivity contribution in [3.8, 4) is 0 Å². The molecule has 49 heavy (non-hydrogen) atoms. The van der Waals surface area contributed by atoms with Crippen molar-refractivity contribution >= 4 is 71.5 Å². The number of aliphatic carboxylic acids is 1. The Labute approximate surface area is 285 Å². The number of hydrogen-bond donors (Lipinski definition) is 5. The van der Waals surface area contributed by atoms with Crippen molar-refractivity contribution in [1.29, 1.82) is 0 Å². The fourth-order valence-electron chi connectivity index (χ4n) is 5.39. The van der Waals surface area contributed by atoms with Crippen LogP contribution in [-0.4, -0.2) is 130 Å². The summed E-state index contributed by atoms with van der Waals surface area (Å²) >= 11 is 2.06. The van der Waals surface area contributed by atoms with E-state index in [2.05, 4.69) is 31.5 Å². The molecule has 20 nitrogen and oxygen atoms in total. The summed E-state index contributed by atoms with van der Waals surface area (Å²) in [5.74, 6) is -6.01. The lowest BCUT2D eigenvalue weighted by Crippen LogP contribution is -2.85. The van der Waals surface area contributed by atoms with Crippen LogP contribution in [0.3, 0.4) is 0 Å². The summed E-state index contributed by atoms with van der Waals surface area (Å²) in [5.41, 5.74) is 3.25. The van der Waals surface area contributed by atoms with Crippen LogP contribution >= 0.6 is 23.5 Å². The van der Waals surface area contributed by atoms with E-state index in [-0.39, 0.29) is 60.5 Å². The van der Waals surface area contributed by atoms with E-state index in [9.17, 15) is 43.5 Å². The maximum atomic E-state index is 13.9. The number of thioether (sulfide) groups is 2. The highest BCUT2D eigenvalue weighted by atomic mass is 32.2. The summed E-state index contributed by atoms with van der Waals surface area (Å²) in [7, 11) is 0. The molecule has 0 aliphatic carbocycles. The number of carbonyl (C=O) groups excluding carboxylic acids is 7. The van der Waals surface area contributed by atoms with E-state index in [1.807, 2.05) is 0 Å². The van der Waals surface area contributed by atoms with Gasteiger partial charge in [-0.15, -0.1) is 16.9 Å². The van der Waals surface area contributed by atoms with Crippen LogP contribution in [0.4, 0.5) is 4.79 Å². The highest BCUT2D eigenvalue weighted by Crippen LogP contribution is 2.46. The van der Waals surface area contributed by atoms with E-state index in [0.29, 0.717) is 10.5 Å². The highest BCUT2D eigenvalue weighted by molar-refractivity contribution is 8.01. The van der Waals surface area contributed by atoms with Gasteiger partial charge in [-0.1, -0.05) is 42.1 Å². The number of piperazine rings is 1. The van der Waals surface area contributed by atoms with Gasteiger partial charge in [0.15, 0.2) is 0 Å². The van der Waals surface area contributed by atoms with Crippen LogP contribution in [-0.2, 0) is 40.1 Å². The van der Waals surface area contributed by atoms with Crippen LogP contribution in [0.15, 0.2) is 46.8 Å². The molecule has 1 unspecified atom stereocenters. The van der Waals surface area contributed by atoms with Crippen LogP contribution < -0.4 is 21.7 Å². The molecule has 3 atom stereocenters. The van der Waals surface area contributed by atoms with Gasteiger partial charge in [-0.25, -0.2) is 14.3 Å². The lowest BCUT2D eigenvalue weighted by molar-refractivity contribution is -0.163. The minimum Gasteiger partial charge on any atom is -0.477 e. The zero-order valence-corrected chi connectivity index (χ0v) is 27.2. The van der Waals surface area contributed by atoms with E-state index in [1.54, 1.807) is 25.1 Å². The number of nitrogens with two attached hydrogens (primary N) is 1. The highest BCUT2D eigenvalue weighted by Gasteiger charge is 2.66. The fourth-order valence-corrected chi connectivity index (χ4v) is 7.83. The summed E-state index contributed by atoms with van der Waals surface area (Å²) in [6.45, 7) is 1.61. The average Bonchev–Trinajstić information content (AvgIpc) is 3.52. The van der Waals surface area contributed by atoms with Crippen molar-refractivity contribution in [3.05, 3.63) is 47.2 Å². The second-order valence-electron chi connectivity index (χ2n) is 10.7. The van der Waals surface area contributed by atoms with E-state index < -0.39 is 58.6 Å². The molecule has 6 N–H and O–H groups in total. The molecule has 2 aromatic rings. The number of hydrogen-bond acceptors (Lipinski definition) is 13. The van der Waals surface area contributed by atoms with Gasteiger partial charge < -0.3 is 31.7 Å². The number of urea groups is 1. The minimum absolute atomic E-state index is 0.000584. The SMILES string of the molecule is CCN1CCN(C(=O)NC(C(=O)N[C@@]2(NC=O)C(=O)N3C(C(=O)O)=C(CSc4nnnn4CC(N)=O)CS[C@H]32)c2ccccc2)C(=O)C1=O. The van der Waals surface area contributed by atoms with E-state index >= 15 is 0 Å². The Morgan fingerprint density at radius 3 is 2.55 bits per heavy atom. The monoisotopic (exact) mass is 715 g/mol. The molecule has 0 spiro atoms. The molecular formula is C27H29N11O9S2. The zero-order valence-electron chi connectivity index (χ0n) is 25.6. The molecule has 3 aliphatic rings. The number of fused-ring (bicyclic) bond motifs is 1. The van der Waals surface area contributed by atoms with Gasteiger partial charge >= 0.3 is 23.8 Å². The van der Waals surface area contributed by atoms with Crippen molar-refractivity contribution < 1.29 is 43.5 Å². The number of primary amides is 1. The Bertz CT molecular complexity index is 1750. The summed E-state index contributed by atoms with van der Waals surface area (Å²) in [6.07, 6.45) is 0.178. The molecule has 8 amide bonds. The summed E-state index contributed by atoms with van der Waals surface area (Å²) < 4.78 is 1.14. The smallest absolute Gasteiger partial charge is 0.352 e. The van der Waals surface area contributed by atoms with Crippen LogP contribution in [0, 0.1) is 0 Å². The van der Waals surface area contributed by atoms with Gasteiger partial charge in [0.05, 0.1) is 0 Å². The lowest BCUT2D eigenvalue weighted by atomic mass is 9.94. The molecule has 5 rings (SSSR count). The van der Waals surface area contributed by atoms with Gasteiger partial charge in [-0.2, -0.15) is 0 Å². The van der Waals surface area contributed by atoms with Crippen LogP contribution in [0.25, 0.3) is 0 Å². The Morgan fingerprint density at radius 2 is 1.90 bits per heavy atom. The lowest BCUT2D eigenvalue weighted by Gasteiger charge is -2.56. The third kappa shape index (κ3) is 6.63. The van der Waals surface area contributed by atoms with Crippen LogP contribution in [0.5, 0.6) is 0 Å². The number of nitrogens with one attached hydrogen (secondary N) is 3. The number of carboxylic acid groups (broad SMARTS) is 1. The average molecular weight is 716 g/mol. The number of imide groups is 1. The minimum atomic E-state index is -2.12. The fraction of sp³-hybridized carbons (Fsp3) is 0.370. The number of β-lactam (4-membered cyclic amide) rings is 1. The molecule has 3 aliphatic heterocycles. The molecule has 2 fully saturated rings. The van der Waals surface area contributed by atoms with Crippen molar-refractivity contribution in [2.45, 2.75) is 35.7 Å². The number of likely N-dealkylation sites (N-methyl/N-ethyl adjacent to an activating group) is 1. The van der Waals surface area contributed by atoms with E-state index in [0.717, 1.165) is 33.1 Å². The largest absolute Gasteiger partial charge is 0.477 e. The molecule has 1 aromatic heterocycles. The molecule has 1 aromatic carbocycles. The van der Waals surface area contributed by atoms with Crippen LogP contribution in [0.2, 0.25) is 0 Å². The standard InChI is InChI=1S/C27H29N11O9S2/c1-2-35-8-9-36(21(43)20(35)42)25(47)30-17(14-6-4-3-5-7-14)19(41)31-27(29-13-39)23(46)38-18(22(44)45)15(11-48-24(27)38)12-49-26-32-33-34-37(26)10-16(28)40/h3-7,13,17,24H,2,8-12H2,1H3,(H2,28,40)(H,29,39)(H,30,47)(H,31,41)(H,44,45)/t17?,24-,27-/m0/s1. The predicted molar refractivity (Wildman–Crippen MR) is 167 cm³/mol. The molecule has 0 bridgehead atoms. The number of amides is 8. The van der Waals surface area contributed by atoms with Crippen molar-refractivity contribution in [1.82, 2.24) is 50.9 Å². The first-order valence-corrected chi connectivity index (χ1v) is 16.5. The third-order valence-corrected chi connectivity index (χ3v) is 10.2. The third-order valence-electron chi connectivity index (χ3n) is 7.74. The Kier molecular flexibility index (Phi) is 10.2. The first-order valence-electron chi connectivity index (χ1n) is 14.5. The number of rotatable bonds is 13. The quantitative estimate of drug-likeness (QED) is 0.0461. The molecule has 258 valence electrons. The summed E-state index contributed by atoms with van der Waals surface area (Å²) in [5, 5.41) is 27.4. The normalized spacial score (nSPS) is 21.0. The van der Waals surface area contributed by atoms with Crippen molar-refractivity contribution in [3.63, 3.8) is 0 Å². The van der Waals surface area contributed by atoms with Gasteiger partial charge in [-0.05, 0) is 28.5 Å². The summed E-state index contributed by atoms with van der Waals surface area (Å²) in [4.78, 5) is 104. The van der Waals surface area contributed by atoms with Gasteiger partial charge in [-0.3, -0.25) is 38.6 Å². The van der Waals surface area contributed by atoms with Crippen molar-refractivity contribution in [2.75, 3.05) is 31.1 Å². The van der Waals surface area contributed by atoms with Crippen molar-refractivity contribution in [2.24, 2.45) is 5.73 Å². The Morgan fingerprint density at radius 1 is 1.16 bits per heavy atom. The number of benzene rings is 1. The topological polar surface area (TPSA) is 272 Å². The van der Waals surface area contributed by atoms with E-state index in [1.165, 1.54) is 17.0 Å². The molecule has 0 saturated carbocycles. The van der Waals surface area contributed by atoms with Gasteiger partial charge in [0.2, 0.25) is 29.0 Å².